The minimum absolute atomic E-state index is 0.0654. The first kappa shape index (κ1) is 8.72. The van der Waals surface area contributed by atoms with Gasteiger partial charge in [-0.05, 0) is 0 Å². The van der Waals surface area contributed by atoms with Crippen LogP contribution in [-0.4, -0.2) is 37.7 Å². The Kier molecular flexibility index (Phi) is 1.89. The van der Waals surface area contributed by atoms with E-state index in [1.165, 1.54) is 7.21 Å². The monoisotopic (exact) mass is 180 g/mol. The number of rotatable bonds is 3. The molecule has 0 spiro atoms. The van der Waals surface area contributed by atoms with E-state index in [0.717, 1.165) is 13.0 Å². The zero-order chi connectivity index (χ0) is 9.47. The quantitative estimate of drug-likeness (QED) is 0.500. The van der Waals surface area contributed by atoms with Crippen molar-refractivity contribution in [3.05, 3.63) is 0 Å². The summed E-state index contributed by atoms with van der Waals surface area (Å²) in [5.41, 5.74) is -0.242. The Morgan fingerprint density at radius 1 is 1.85 bits per heavy atom. The van der Waals surface area contributed by atoms with Crippen molar-refractivity contribution >= 4 is 13.2 Å². The Bertz CT molecular complexity index is 259. The molecule has 0 radical (unpaired) electrons. The van der Waals surface area contributed by atoms with Gasteiger partial charge in [0.25, 0.3) is 0 Å². The average Bonchev–Trinajstić information content (AvgIpc) is 2.71. The summed E-state index contributed by atoms with van der Waals surface area (Å²) in [6.07, 6.45) is 0.955. The fourth-order valence-electron chi connectivity index (χ4n) is 2.21. The predicted octanol–water partition coefficient (Wildman–Crippen LogP) is 0.253. The Morgan fingerprint density at radius 2 is 2.62 bits per heavy atom. The molecule has 0 aromatic rings. The van der Waals surface area contributed by atoms with Crippen molar-refractivity contribution in [2.45, 2.75) is 13.3 Å². The topological polar surface area (TPSA) is 53.4 Å². The predicted molar refractivity (Wildman–Crippen MR) is 47.2 cm³/mol. The van der Waals surface area contributed by atoms with E-state index < -0.39 is 0 Å². The molecule has 2 aliphatic rings. The number of piperidine rings is 1. The third-order valence-corrected chi connectivity index (χ3v) is 3.04. The molecule has 2 atom stereocenters. The van der Waals surface area contributed by atoms with Crippen molar-refractivity contribution in [3.63, 3.8) is 0 Å². The molecule has 1 saturated heterocycles. The fourth-order valence-corrected chi connectivity index (χ4v) is 2.21. The molecule has 1 aliphatic heterocycles. The van der Waals surface area contributed by atoms with E-state index in [-0.39, 0.29) is 11.4 Å². The van der Waals surface area contributed by atoms with Gasteiger partial charge >= 0.3 is 77.2 Å². The number of hydrogen-bond donors (Lipinski definition) is 1. The van der Waals surface area contributed by atoms with Crippen molar-refractivity contribution in [1.82, 2.24) is 4.81 Å². The number of carbonyl (C=O) groups excluding carboxylic acids is 1. The molecule has 5 heteroatoms. The molecule has 70 valence electrons. The van der Waals surface area contributed by atoms with Crippen LogP contribution in [0.3, 0.4) is 0 Å². The van der Waals surface area contributed by atoms with Gasteiger partial charge in [-0.15, -0.1) is 0 Å². The zero-order valence-electron chi connectivity index (χ0n) is 7.75. The van der Waals surface area contributed by atoms with Gasteiger partial charge in [0.1, 0.15) is 0 Å². The van der Waals surface area contributed by atoms with Crippen LogP contribution in [0.1, 0.15) is 13.3 Å². The maximum absolute atomic E-state index is 11.5. The van der Waals surface area contributed by atoms with Crippen molar-refractivity contribution in [3.8, 4) is 0 Å². The van der Waals surface area contributed by atoms with Crippen molar-refractivity contribution in [2.75, 3.05) is 19.7 Å². The molecule has 0 amide bonds. The Balaban J connectivity index is 2.01. The molecule has 1 heterocycles. The molecule has 4 nitrogen and oxygen atoms in total. The molecule has 1 saturated carbocycles. The zero-order valence-corrected chi connectivity index (χ0v) is 7.75. The van der Waals surface area contributed by atoms with Crippen LogP contribution in [0.5, 0.6) is 0 Å². The van der Waals surface area contributed by atoms with E-state index in [0.29, 0.717) is 19.1 Å². The standard InChI is InChI=1S/C8H13BN2O2/c1-2-13-7(12)8-3-6(8)4-11(5-8)9-10/h6,10H,2-5H2,1H3/t6-,8-/m0/s1. The molecular weight excluding hydrogens is 167 g/mol. The summed E-state index contributed by atoms with van der Waals surface area (Å²) >= 11 is 0. The number of fused-ring (bicyclic) bond motifs is 1. The van der Waals surface area contributed by atoms with Gasteiger partial charge in [-0.25, -0.2) is 0 Å². The first-order chi connectivity index (χ1) is 6.23. The number of nitrogens with one attached hydrogen (secondary N) is 1. The summed E-state index contributed by atoms with van der Waals surface area (Å²) in [4.78, 5) is 13.4. The number of nitrogens with zero attached hydrogens (tertiary/aromatic N) is 1. The molecule has 0 aromatic heterocycles. The number of hydrogen-bond acceptors (Lipinski definition) is 3. The summed E-state index contributed by atoms with van der Waals surface area (Å²) < 4.78 is 5.02. The van der Waals surface area contributed by atoms with Crippen LogP contribution in [0, 0.1) is 16.6 Å². The summed E-state index contributed by atoms with van der Waals surface area (Å²) in [5, 5.41) is 7.09. The first-order valence-corrected chi connectivity index (χ1v) is 4.65. The fraction of sp³-hybridized carbons (Fsp3) is 0.875. The second kappa shape index (κ2) is 2.82. The molecule has 0 unspecified atom stereocenters. The molecule has 13 heavy (non-hydrogen) atoms. The Hall–Kier alpha value is -0.865. The van der Waals surface area contributed by atoms with E-state index in [9.17, 15) is 4.79 Å². The maximum atomic E-state index is 11.5. The van der Waals surface area contributed by atoms with Gasteiger partial charge in [-0.2, -0.15) is 0 Å². The van der Waals surface area contributed by atoms with Gasteiger partial charge < -0.3 is 0 Å². The van der Waals surface area contributed by atoms with Crippen LogP contribution < -0.4 is 0 Å². The van der Waals surface area contributed by atoms with Crippen molar-refractivity contribution in [1.29, 1.82) is 5.31 Å². The molecular formula is C8H13BN2O2. The SMILES string of the molecule is CCOC(=O)[C@]12C[C@H]1CN(B=N)C2. The molecule has 2 fully saturated rings. The van der Waals surface area contributed by atoms with Gasteiger partial charge in [-0.3, -0.25) is 0 Å². The van der Waals surface area contributed by atoms with E-state index >= 15 is 0 Å². The van der Waals surface area contributed by atoms with Crippen LogP contribution >= 0.6 is 0 Å². The van der Waals surface area contributed by atoms with Gasteiger partial charge in [0.15, 0.2) is 0 Å². The molecule has 1 aliphatic carbocycles. The molecule has 0 bridgehead atoms. The number of carbonyl (C=O) groups is 1. The third kappa shape index (κ3) is 1.17. The Labute approximate surface area is 78.0 Å². The number of esters is 1. The van der Waals surface area contributed by atoms with Crippen molar-refractivity contribution < 1.29 is 9.53 Å². The van der Waals surface area contributed by atoms with E-state index in [1.807, 2.05) is 11.7 Å². The normalized spacial score (nSPS) is 35.2. The van der Waals surface area contributed by atoms with E-state index in [4.69, 9.17) is 10.0 Å². The van der Waals surface area contributed by atoms with Crippen LogP contribution in [0.4, 0.5) is 0 Å². The minimum atomic E-state index is -0.242. The van der Waals surface area contributed by atoms with Crippen LogP contribution in [-0.2, 0) is 9.53 Å². The average molecular weight is 180 g/mol. The van der Waals surface area contributed by atoms with Gasteiger partial charge in [0.05, 0.1) is 0 Å². The van der Waals surface area contributed by atoms with Gasteiger partial charge in [0.2, 0.25) is 0 Å². The van der Waals surface area contributed by atoms with Crippen LogP contribution in [0.2, 0.25) is 0 Å². The van der Waals surface area contributed by atoms with E-state index in [2.05, 4.69) is 0 Å². The Morgan fingerprint density at radius 3 is 3.15 bits per heavy atom. The molecule has 1 N–H and O–H groups in total. The van der Waals surface area contributed by atoms with Crippen molar-refractivity contribution in [2.24, 2.45) is 11.3 Å². The second-order valence-electron chi connectivity index (χ2n) is 3.84. The third-order valence-electron chi connectivity index (χ3n) is 3.04. The summed E-state index contributed by atoms with van der Waals surface area (Å²) in [7, 11) is 1.31. The number of ether oxygens (including phenoxy) is 1. The second-order valence-corrected chi connectivity index (χ2v) is 3.84. The molecule has 0 aromatic carbocycles. The van der Waals surface area contributed by atoms with E-state index in [1.54, 1.807) is 0 Å². The summed E-state index contributed by atoms with van der Waals surface area (Å²) in [6.45, 7) is 3.81. The van der Waals surface area contributed by atoms with Crippen LogP contribution in [0.25, 0.3) is 0 Å². The van der Waals surface area contributed by atoms with Crippen LogP contribution in [0.15, 0.2) is 0 Å². The first-order valence-electron chi connectivity index (χ1n) is 4.65. The summed E-state index contributed by atoms with van der Waals surface area (Å²) in [6, 6.07) is 0. The van der Waals surface area contributed by atoms with Gasteiger partial charge in [-0.1, -0.05) is 0 Å². The molecule has 2 rings (SSSR count). The summed E-state index contributed by atoms with van der Waals surface area (Å²) in [5.74, 6) is 0.373. The van der Waals surface area contributed by atoms with Gasteiger partial charge in [0, 0.05) is 0 Å².